The first-order chi connectivity index (χ1) is 8.08. The fourth-order valence-corrected chi connectivity index (χ4v) is 3.34. The van der Waals surface area contributed by atoms with Gasteiger partial charge in [0.05, 0.1) is 5.60 Å². The molecule has 0 aromatic heterocycles. The first kappa shape index (κ1) is 17.7. The molecule has 0 heterocycles. The molecular formula is C15H25BrOSi. The number of terminal acetylenes is 1. The molecule has 0 bridgehead atoms. The standard InChI is InChI=1S/C15H25BrOSi/c1-8-9-10-11-12-15(5,13-16)17-18(6,7)14(2,3)4/h1,9-12H,13H2,2-7H3/b10-9+,12-11+/t15-/m0/s1. The summed E-state index contributed by atoms with van der Waals surface area (Å²) in [4.78, 5) is 0. The lowest BCUT2D eigenvalue weighted by Gasteiger charge is -2.42. The molecule has 0 aliphatic carbocycles. The quantitative estimate of drug-likeness (QED) is 0.301. The Balaban J connectivity index is 4.94. The summed E-state index contributed by atoms with van der Waals surface area (Å²) < 4.78 is 6.44. The molecule has 0 saturated heterocycles. The van der Waals surface area contributed by atoms with Gasteiger partial charge in [-0.15, -0.1) is 6.42 Å². The summed E-state index contributed by atoms with van der Waals surface area (Å²) in [6.07, 6.45) is 12.7. The highest BCUT2D eigenvalue weighted by Crippen LogP contribution is 2.39. The molecule has 0 radical (unpaired) electrons. The van der Waals surface area contributed by atoms with Crippen LogP contribution >= 0.6 is 15.9 Å². The molecule has 0 aromatic carbocycles. The zero-order chi connectivity index (χ0) is 14.4. The molecule has 3 heteroatoms. The van der Waals surface area contributed by atoms with Crippen LogP contribution in [0.1, 0.15) is 27.7 Å². The normalized spacial score (nSPS) is 17.0. The van der Waals surface area contributed by atoms with Gasteiger partial charge in [0.15, 0.2) is 8.32 Å². The van der Waals surface area contributed by atoms with Gasteiger partial charge in [-0.3, -0.25) is 0 Å². The van der Waals surface area contributed by atoms with Gasteiger partial charge in [-0.25, -0.2) is 0 Å². The van der Waals surface area contributed by atoms with Crippen LogP contribution in [0.4, 0.5) is 0 Å². The van der Waals surface area contributed by atoms with Crippen molar-refractivity contribution >= 4 is 24.2 Å². The molecule has 0 rings (SSSR count). The van der Waals surface area contributed by atoms with Crippen molar-refractivity contribution in [2.24, 2.45) is 0 Å². The Bertz CT molecular complexity index is 358. The van der Waals surface area contributed by atoms with Gasteiger partial charge in [0, 0.05) is 5.33 Å². The number of halogens is 1. The molecule has 0 aromatic rings. The second kappa shape index (κ2) is 6.74. The van der Waals surface area contributed by atoms with E-state index in [1.54, 1.807) is 6.08 Å². The van der Waals surface area contributed by atoms with Gasteiger partial charge in [-0.2, -0.15) is 0 Å². The Kier molecular flexibility index (Phi) is 6.63. The summed E-state index contributed by atoms with van der Waals surface area (Å²) in [5.41, 5.74) is -0.290. The van der Waals surface area contributed by atoms with Crippen LogP contribution in [0.3, 0.4) is 0 Å². The fourth-order valence-electron chi connectivity index (χ4n) is 1.21. The molecule has 0 unspecified atom stereocenters. The Morgan fingerprint density at radius 2 is 1.78 bits per heavy atom. The van der Waals surface area contributed by atoms with Crippen LogP contribution in [0.15, 0.2) is 24.3 Å². The average molecular weight is 329 g/mol. The van der Waals surface area contributed by atoms with Crippen molar-refractivity contribution in [2.75, 3.05) is 5.33 Å². The molecule has 102 valence electrons. The average Bonchev–Trinajstić information content (AvgIpc) is 2.22. The second-order valence-electron chi connectivity index (χ2n) is 6.19. The maximum Gasteiger partial charge on any atom is 0.193 e. The van der Waals surface area contributed by atoms with E-state index >= 15 is 0 Å². The fraction of sp³-hybridized carbons (Fsp3) is 0.600. The third-order valence-electron chi connectivity index (χ3n) is 3.31. The van der Waals surface area contributed by atoms with Crippen LogP contribution in [0.25, 0.3) is 0 Å². The van der Waals surface area contributed by atoms with Gasteiger partial charge in [0.2, 0.25) is 0 Å². The van der Waals surface area contributed by atoms with Crippen molar-refractivity contribution in [3.05, 3.63) is 24.3 Å². The highest BCUT2D eigenvalue weighted by molar-refractivity contribution is 9.09. The summed E-state index contributed by atoms with van der Waals surface area (Å²) in [6, 6.07) is 0. The predicted octanol–water partition coefficient (Wildman–Crippen LogP) is 4.91. The van der Waals surface area contributed by atoms with E-state index in [0.29, 0.717) is 0 Å². The molecule has 0 N–H and O–H groups in total. The summed E-state index contributed by atoms with van der Waals surface area (Å²) in [5, 5.41) is 0.978. The lowest BCUT2D eigenvalue weighted by Crippen LogP contribution is -2.48. The second-order valence-corrected chi connectivity index (χ2v) is 11.5. The van der Waals surface area contributed by atoms with Crippen LogP contribution in [0, 0.1) is 12.3 Å². The van der Waals surface area contributed by atoms with E-state index in [9.17, 15) is 0 Å². The predicted molar refractivity (Wildman–Crippen MR) is 87.6 cm³/mol. The summed E-state index contributed by atoms with van der Waals surface area (Å²) in [7, 11) is -1.78. The van der Waals surface area contributed by atoms with E-state index in [0.717, 1.165) is 5.33 Å². The van der Waals surface area contributed by atoms with Gasteiger partial charge < -0.3 is 4.43 Å². The van der Waals surface area contributed by atoms with Crippen LogP contribution in [-0.2, 0) is 4.43 Å². The summed E-state index contributed by atoms with van der Waals surface area (Å²) in [5.74, 6) is 2.47. The minimum Gasteiger partial charge on any atom is -0.407 e. The van der Waals surface area contributed by atoms with Crippen LogP contribution in [0.5, 0.6) is 0 Å². The molecule has 0 aliphatic rings. The van der Waals surface area contributed by atoms with Crippen LogP contribution in [0.2, 0.25) is 18.1 Å². The highest BCUT2D eigenvalue weighted by Gasteiger charge is 2.41. The Morgan fingerprint density at radius 1 is 1.22 bits per heavy atom. The van der Waals surface area contributed by atoms with Crippen molar-refractivity contribution in [1.29, 1.82) is 0 Å². The Labute approximate surface area is 122 Å². The monoisotopic (exact) mass is 328 g/mol. The van der Waals surface area contributed by atoms with E-state index in [4.69, 9.17) is 10.8 Å². The highest BCUT2D eigenvalue weighted by atomic mass is 79.9. The van der Waals surface area contributed by atoms with E-state index in [-0.39, 0.29) is 10.6 Å². The number of alkyl halides is 1. The number of hydrogen-bond donors (Lipinski definition) is 0. The lowest BCUT2D eigenvalue weighted by atomic mass is 10.1. The van der Waals surface area contributed by atoms with Crippen molar-refractivity contribution in [2.45, 2.75) is 51.4 Å². The zero-order valence-corrected chi connectivity index (χ0v) is 15.0. The SMILES string of the molecule is C#C/C=C/C=C/[C@@](C)(CBr)O[Si](C)(C)C(C)(C)C. The number of allylic oxidation sites excluding steroid dienone is 3. The molecule has 18 heavy (non-hydrogen) atoms. The maximum atomic E-state index is 6.44. The minimum absolute atomic E-state index is 0.207. The van der Waals surface area contributed by atoms with Crippen molar-refractivity contribution in [3.63, 3.8) is 0 Å². The van der Waals surface area contributed by atoms with Gasteiger partial charge >= 0.3 is 0 Å². The maximum absolute atomic E-state index is 6.44. The van der Waals surface area contributed by atoms with E-state index in [1.807, 2.05) is 12.2 Å². The Hall–Kier alpha value is -0.303. The first-order valence-electron chi connectivity index (χ1n) is 6.15. The zero-order valence-electron chi connectivity index (χ0n) is 12.4. The van der Waals surface area contributed by atoms with Crippen molar-refractivity contribution < 1.29 is 4.43 Å². The number of hydrogen-bond acceptors (Lipinski definition) is 1. The van der Waals surface area contributed by atoms with Crippen molar-refractivity contribution in [3.8, 4) is 12.3 Å². The number of rotatable bonds is 5. The van der Waals surface area contributed by atoms with E-state index in [2.05, 4.69) is 68.7 Å². The molecule has 0 saturated carbocycles. The van der Waals surface area contributed by atoms with Gasteiger partial charge in [-0.1, -0.05) is 60.8 Å². The van der Waals surface area contributed by atoms with Crippen molar-refractivity contribution in [1.82, 2.24) is 0 Å². The minimum atomic E-state index is -1.78. The molecular weight excluding hydrogens is 304 g/mol. The smallest absolute Gasteiger partial charge is 0.193 e. The van der Waals surface area contributed by atoms with Crippen LogP contribution in [-0.4, -0.2) is 19.2 Å². The van der Waals surface area contributed by atoms with Crippen LogP contribution < -0.4 is 0 Å². The topological polar surface area (TPSA) is 9.23 Å². The van der Waals surface area contributed by atoms with Gasteiger partial charge in [0.1, 0.15) is 0 Å². The molecule has 1 atom stereocenters. The summed E-state index contributed by atoms with van der Waals surface area (Å²) in [6.45, 7) is 13.4. The molecule has 1 nitrogen and oxygen atoms in total. The lowest BCUT2D eigenvalue weighted by molar-refractivity contribution is 0.148. The van der Waals surface area contributed by atoms with Gasteiger partial charge in [-0.05, 0) is 31.1 Å². The Morgan fingerprint density at radius 3 is 2.17 bits per heavy atom. The molecule has 0 spiro atoms. The summed E-state index contributed by atoms with van der Waals surface area (Å²) >= 11 is 3.54. The largest absolute Gasteiger partial charge is 0.407 e. The first-order valence-corrected chi connectivity index (χ1v) is 10.2. The third kappa shape index (κ3) is 5.56. The molecule has 0 aliphatic heterocycles. The van der Waals surface area contributed by atoms with E-state index < -0.39 is 8.32 Å². The molecule has 0 fully saturated rings. The van der Waals surface area contributed by atoms with Gasteiger partial charge in [0.25, 0.3) is 0 Å². The third-order valence-corrected chi connectivity index (χ3v) is 9.01. The van der Waals surface area contributed by atoms with E-state index in [1.165, 1.54) is 0 Å². The molecule has 0 amide bonds.